The SMILES string of the molecule is CCCC(N)C(=O)NC(C)c1c(F)cccc1F. The molecular formula is C13H18F2N2O. The summed E-state index contributed by atoms with van der Waals surface area (Å²) in [6.45, 7) is 3.44. The van der Waals surface area contributed by atoms with Crippen molar-refractivity contribution in [3.63, 3.8) is 0 Å². The van der Waals surface area contributed by atoms with Crippen LogP contribution in [0.2, 0.25) is 0 Å². The third kappa shape index (κ3) is 3.50. The van der Waals surface area contributed by atoms with Gasteiger partial charge in [0, 0.05) is 5.56 Å². The minimum absolute atomic E-state index is 0.144. The Hall–Kier alpha value is -1.49. The molecule has 0 radical (unpaired) electrons. The van der Waals surface area contributed by atoms with Crippen LogP contribution in [0.5, 0.6) is 0 Å². The van der Waals surface area contributed by atoms with Gasteiger partial charge in [0.05, 0.1) is 12.1 Å². The highest BCUT2D eigenvalue weighted by molar-refractivity contribution is 5.81. The lowest BCUT2D eigenvalue weighted by molar-refractivity contribution is -0.123. The van der Waals surface area contributed by atoms with Crippen LogP contribution < -0.4 is 11.1 Å². The Balaban J connectivity index is 2.76. The Morgan fingerprint density at radius 1 is 1.39 bits per heavy atom. The second-order valence-corrected chi connectivity index (χ2v) is 4.26. The minimum Gasteiger partial charge on any atom is -0.348 e. The van der Waals surface area contributed by atoms with E-state index in [1.54, 1.807) is 0 Å². The minimum atomic E-state index is -0.749. The summed E-state index contributed by atoms with van der Waals surface area (Å²) in [4.78, 5) is 11.7. The van der Waals surface area contributed by atoms with Crippen LogP contribution in [-0.4, -0.2) is 11.9 Å². The maximum absolute atomic E-state index is 13.5. The van der Waals surface area contributed by atoms with Gasteiger partial charge in [-0.15, -0.1) is 0 Å². The summed E-state index contributed by atoms with van der Waals surface area (Å²) in [6, 6.07) is 2.21. The number of nitrogens with one attached hydrogen (secondary N) is 1. The monoisotopic (exact) mass is 256 g/mol. The molecule has 0 aliphatic heterocycles. The molecule has 0 saturated carbocycles. The number of hydrogen-bond acceptors (Lipinski definition) is 2. The van der Waals surface area contributed by atoms with Crippen LogP contribution in [0.1, 0.15) is 38.3 Å². The van der Waals surface area contributed by atoms with Gasteiger partial charge in [-0.1, -0.05) is 19.4 Å². The van der Waals surface area contributed by atoms with Gasteiger partial charge in [-0.25, -0.2) is 8.78 Å². The van der Waals surface area contributed by atoms with Crippen molar-refractivity contribution in [2.75, 3.05) is 0 Å². The Morgan fingerprint density at radius 3 is 2.44 bits per heavy atom. The molecule has 100 valence electrons. The van der Waals surface area contributed by atoms with Crippen molar-refractivity contribution in [1.82, 2.24) is 5.32 Å². The van der Waals surface area contributed by atoms with Crippen molar-refractivity contribution in [3.8, 4) is 0 Å². The van der Waals surface area contributed by atoms with Gasteiger partial charge in [0.25, 0.3) is 0 Å². The van der Waals surface area contributed by atoms with Crippen molar-refractivity contribution in [2.24, 2.45) is 5.73 Å². The fraction of sp³-hybridized carbons (Fsp3) is 0.462. The van der Waals surface area contributed by atoms with Gasteiger partial charge in [-0.3, -0.25) is 4.79 Å². The van der Waals surface area contributed by atoms with Crippen molar-refractivity contribution in [3.05, 3.63) is 35.4 Å². The first-order valence-corrected chi connectivity index (χ1v) is 5.97. The fourth-order valence-electron chi connectivity index (χ4n) is 1.76. The molecule has 0 spiro atoms. The number of hydrogen-bond donors (Lipinski definition) is 2. The van der Waals surface area contributed by atoms with Crippen LogP contribution in [0.4, 0.5) is 8.78 Å². The quantitative estimate of drug-likeness (QED) is 0.849. The molecule has 1 rings (SSSR count). The van der Waals surface area contributed by atoms with Crippen molar-refractivity contribution in [2.45, 2.75) is 38.8 Å². The standard InChI is InChI=1S/C13H18F2N2O/c1-3-5-11(16)13(18)17-8(2)12-9(14)6-4-7-10(12)15/h4,6-8,11H,3,5,16H2,1-2H3,(H,17,18). The molecule has 0 aliphatic rings. The largest absolute Gasteiger partial charge is 0.348 e. The van der Waals surface area contributed by atoms with Gasteiger partial charge in [0.1, 0.15) is 11.6 Å². The molecule has 0 saturated heterocycles. The Morgan fingerprint density at radius 2 is 1.94 bits per heavy atom. The van der Waals surface area contributed by atoms with E-state index >= 15 is 0 Å². The summed E-state index contributed by atoms with van der Waals surface area (Å²) in [5.41, 5.74) is 5.49. The molecule has 2 atom stereocenters. The Bertz CT molecular complexity index is 403. The molecule has 0 heterocycles. The number of amides is 1. The Kier molecular flexibility index (Phi) is 5.22. The molecule has 0 aliphatic carbocycles. The molecule has 2 unspecified atom stereocenters. The lowest BCUT2D eigenvalue weighted by Crippen LogP contribution is -2.41. The Labute approximate surface area is 105 Å². The lowest BCUT2D eigenvalue weighted by Gasteiger charge is -2.18. The summed E-state index contributed by atoms with van der Waals surface area (Å²) >= 11 is 0. The number of halogens is 2. The number of rotatable bonds is 5. The van der Waals surface area contributed by atoms with E-state index in [9.17, 15) is 13.6 Å². The molecule has 3 N–H and O–H groups in total. The molecule has 1 amide bonds. The number of carbonyl (C=O) groups is 1. The molecular weight excluding hydrogens is 238 g/mol. The van der Waals surface area contributed by atoms with Crippen LogP contribution in [0, 0.1) is 11.6 Å². The van der Waals surface area contributed by atoms with E-state index in [0.717, 1.165) is 18.6 Å². The van der Waals surface area contributed by atoms with E-state index in [-0.39, 0.29) is 5.56 Å². The molecule has 0 aromatic heterocycles. The molecule has 18 heavy (non-hydrogen) atoms. The normalized spacial score (nSPS) is 14.1. The van der Waals surface area contributed by atoms with E-state index in [1.165, 1.54) is 13.0 Å². The smallest absolute Gasteiger partial charge is 0.237 e. The van der Waals surface area contributed by atoms with E-state index in [1.807, 2.05) is 6.92 Å². The molecule has 3 nitrogen and oxygen atoms in total. The highest BCUT2D eigenvalue weighted by Crippen LogP contribution is 2.20. The van der Waals surface area contributed by atoms with Crippen LogP contribution in [0.25, 0.3) is 0 Å². The lowest BCUT2D eigenvalue weighted by atomic mass is 10.1. The summed E-state index contributed by atoms with van der Waals surface area (Å²) < 4.78 is 27.0. The fourth-order valence-corrected chi connectivity index (χ4v) is 1.76. The van der Waals surface area contributed by atoms with E-state index in [0.29, 0.717) is 6.42 Å². The molecule has 0 bridgehead atoms. The van der Waals surface area contributed by atoms with Gasteiger partial charge in [-0.2, -0.15) is 0 Å². The predicted molar refractivity (Wildman–Crippen MR) is 65.8 cm³/mol. The zero-order valence-corrected chi connectivity index (χ0v) is 10.5. The maximum atomic E-state index is 13.5. The van der Waals surface area contributed by atoms with E-state index < -0.39 is 29.6 Å². The zero-order valence-electron chi connectivity index (χ0n) is 10.5. The van der Waals surface area contributed by atoms with Gasteiger partial charge < -0.3 is 11.1 Å². The summed E-state index contributed by atoms with van der Waals surface area (Å²) in [5, 5.41) is 2.52. The van der Waals surface area contributed by atoms with E-state index in [2.05, 4.69) is 5.32 Å². The van der Waals surface area contributed by atoms with Gasteiger partial charge >= 0.3 is 0 Å². The topological polar surface area (TPSA) is 55.1 Å². The van der Waals surface area contributed by atoms with Crippen LogP contribution in [0.3, 0.4) is 0 Å². The van der Waals surface area contributed by atoms with Crippen LogP contribution >= 0.6 is 0 Å². The van der Waals surface area contributed by atoms with Gasteiger partial charge in [0.2, 0.25) is 5.91 Å². The van der Waals surface area contributed by atoms with Crippen LogP contribution in [-0.2, 0) is 4.79 Å². The summed E-state index contributed by atoms with van der Waals surface area (Å²) in [5.74, 6) is -1.74. The summed E-state index contributed by atoms with van der Waals surface area (Å²) in [7, 11) is 0. The maximum Gasteiger partial charge on any atom is 0.237 e. The number of benzene rings is 1. The zero-order chi connectivity index (χ0) is 13.7. The molecule has 1 aromatic carbocycles. The highest BCUT2D eigenvalue weighted by atomic mass is 19.1. The third-order valence-electron chi connectivity index (χ3n) is 2.73. The second-order valence-electron chi connectivity index (χ2n) is 4.26. The van der Waals surface area contributed by atoms with Crippen LogP contribution in [0.15, 0.2) is 18.2 Å². The van der Waals surface area contributed by atoms with Crippen molar-refractivity contribution in [1.29, 1.82) is 0 Å². The summed E-state index contributed by atoms with van der Waals surface area (Å²) in [6.07, 6.45) is 1.31. The van der Waals surface area contributed by atoms with Gasteiger partial charge in [0.15, 0.2) is 0 Å². The number of carbonyl (C=O) groups excluding carboxylic acids is 1. The third-order valence-corrected chi connectivity index (χ3v) is 2.73. The predicted octanol–water partition coefficient (Wildman–Crippen LogP) is 2.27. The average molecular weight is 256 g/mol. The number of nitrogens with two attached hydrogens (primary N) is 1. The van der Waals surface area contributed by atoms with E-state index in [4.69, 9.17) is 5.73 Å². The van der Waals surface area contributed by atoms with Gasteiger partial charge in [-0.05, 0) is 25.5 Å². The average Bonchev–Trinajstić information content (AvgIpc) is 2.28. The molecule has 1 aromatic rings. The first kappa shape index (κ1) is 14.6. The molecule has 5 heteroatoms. The first-order chi connectivity index (χ1) is 8.47. The van der Waals surface area contributed by atoms with Crippen molar-refractivity contribution >= 4 is 5.91 Å². The second kappa shape index (κ2) is 6.44. The van der Waals surface area contributed by atoms with Crippen molar-refractivity contribution < 1.29 is 13.6 Å². The first-order valence-electron chi connectivity index (χ1n) is 5.97. The molecule has 0 fully saturated rings. The highest BCUT2D eigenvalue weighted by Gasteiger charge is 2.20.